The monoisotopic (exact) mass is 352 g/mol. The van der Waals surface area contributed by atoms with E-state index in [-0.39, 0.29) is 0 Å². The highest BCUT2D eigenvalue weighted by Gasteiger charge is 2.52. The van der Waals surface area contributed by atoms with Crippen LogP contribution in [0.3, 0.4) is 0 Å². The Hall–Kier alpha value is -2.08. The molecular weight excluding hydrogens is 324 g/mol. The number of hydrogen-bond acceptors (Lipinski definition) is 0. The Kier molecular flexibility index (Phi) is 3.23. The summed E-state index contributed by atoms with van der Waals surface area (Å²) in [4.78, 5) is 0. The topological polar surface area (TPSA) is 0 Å². The molecule has 27 heavy (non-hydrogen) atoms. The van der Waals surface area contributed by atoms with Gasteiger partial charge in [0.15, 0.2) is 0 Å². The molecular formula is C27H28. The summed E-state index contributed by atoms with van der Waals surface area (Å²) < 4.78 is 0. The minimum absolute atomic E-state index is 0.399. The van der Waals surface area contributed by atoms with Gasteiger partial charge in [0.25, 0.3) is 0 Å². The van der Waals surface area contributed by atoms with Crippen molar-refractivity contribution in [2.24, 2.45) is 23.2 Å². The van der Waals surface area contributed by atoms with E-state index < -0.39 is 0 Å². The van der Waals surface area contributed by atoms with Crippen LogP contribution in [-0.4, -0.2) is 0 Å². The third-order valence-corrected chi connectivity index (χ3v) is 7.98. The van der Waals surface area contributed by atoms with Gasteiger partial charge in [-0.15, -0.1) is 0 Å². The Morgan fingerprint density at radius 3 is 1.93 bits per heavy atom. The molecule has 4 fully saturated rings. The van der Waals surface area contributed by atoms with E-state index in [0.717, 1.165) is 17.8 Å². The summed E-state index contributed by atoms with van der Waals surface area (Å²) in [6, 6.07) is 18.5. The second-order valence-corrected chi connectivity index (χ2v) is 9.94. The molecule has 7 rings (SSSR count). The Bertz CT molecular complexity index is 1050. The molecule has 4 bridgehead atoms. The van der Waals surface area contributed by atoms with Crippen molar-refractivity contribution in [2.75, 3.05) is 0 Å². The third kappa shape index (κ3) is 2.42. The van der Waals surface area contributed by atoms with E-state index in [4.69, 9.17) is 6.58 Å². The van der Waals surface area contributed by atoms with Crippen LogP contribution in [0.5, 0.6) is 0 Å². The van der Waals surface area contributed by atoms with Gasteiger partial charge in [-0.2, -0.15) is 0 Å². The van der Waals surface area contributed by atoms with E-state index in [0.29, 0.717) is 5.41 Å². The van der Waals surface area contributed by atoms with Gasteiger partial charge in [-0.3, -0.25) is 0 Å². The third-order valence-electron chi connectivity index (χ3n) is 7.98. The maximum absolute atomic E-state index is 4.70. The maximum atomic E-state index is 4.70. The molecule has 0 aliphatic heterocycles. The zero-order valence-electron chi connectivity index (χ0n) is 16.3. The van der Waals surface area contributed by atoms with Gasteiger partial charge in [-0.25, -0.2) is 0 Å². The number of allylic oxidation sites excluding steroid dienone is 1. The van der Waals surface area contributed by atoms with Crippen LogP contribution in [-0.2, 0) is 0 Å². The molecule has 0 N–H and O–H groups in total. The van der Waals surface area contributed by atoms with Gasteiger partial charge in [-0.05, 0) is 119 Å². The van der Waals surface area contributed by atoms with E-state index in [1.54, 1.807) is 0 Å². The van der Waals surface area contributed by atoms with E-state index in [9.17, 15) is 0 Å². The first kappa shape index (κ1) is 15.9. The fourth-order valence-corrected chi connectivity index (χ4v) is 7.09. The van der Waals surface area contributed by atoms with Gasteiger partial charge in [0.05, 0.1) is 0 Å². The zero-order chi connectivity index (χ0) is 18.2. The molecule has 3 aromatic rings. The molecule has 0 nitrogen and oxygen atoms in total. The SMILES string of the molecule is C=C(c1ccc2cc3cc(C)ccc3cc2c1)C12CC3CC(CC(C3)C1)C2. The standard InChI is InChI=1S/C27H28/c1-17-3-4-23-13-26-11-22(5-6-24(26)12-25(23)7-17)18(2)27-14-19-8-20(15-27)10-21(9-19)16-27/h3-7,11-13,19-21H,2,8-10,14-16H2,1H3. The second kappa shape index (κ2) is 5.47. The van der Waals surface area contributed by atoms with Gasteiger partial charge in [0.1, 0.15) is 0 Å². The highest BCUT2D eigenvalue weighted by Crippen LogP contribution is 2.64. The van der Waals surface area contributed by atoms with Gasteiger partial charge >= 0.3 is 0 Å². The second-order valence-electron chi connectivity index (χ2n) is 9.94. The van der Waals surface area contributed by atoms with Crippen LogP contribution in [0.2, 0.25) is 0 Å². The molecule has 0 amide bonds. The lowest BCUT2D eigenvalue weighted by atomic mass is 9.47. The van der Waals surface area contributed by atoms with Crippen molar-refractivity contribution in [3.05, 3.63) is 66.2 Å². The Balaban J connectivity index is 1.43. The summed E-state index contributed by atoms with van der Waals surface area (Å²) in [7, 11) is 0. The molecule has 0 heteroatoms. The Morgan fingerprint density at radius 1 is 0.741 bits per heavy atom. The largest absolute Gasteiger partial charge is 0.0947 e. The molecule has 0 aromatic heterocycles. The van der Waals surface area contributed by atoms with Crippen LogP contribution in [0.25, 0.3) is 27.1 Å². The minimum Gasteiger partial charge on any atom is -0.0947 e. The lowest BCUT2D eigenvalue weighted by Crippen LogP contribution is -2.46. The molecule has 4 aliphatic carbocycles. The minimum atomic E-state index is 0.399. The van der Waals surface area contributed by atoms with Crippen molar-refractivity contribution in [3.63, 3.8) is 0 Å². The molecule has 3 aromatic carbocycles. The fraction of sp³-hybridized carbons (Fsp3) is 0.407. The van der Waals surface area contributed by atoms with Crippen molar-refractivity contribution < 1.29 is 0 Å². The number of rotatable bonds is 2. The average Bonchev–Trinajstić information content (AvgIpc) is 2.64. The summed E-state index contributed by atoms with van der Waals surface area (Å²) in [5.41, 5.74) is 4.55. The average molecular weight is 353 g/mol. The summed E-state index contributed by atoms with van der Waals surface area (Å²) >= 11 is 0. The van der Waals surface area contributed by atoms with Crippen molar-refractivity contribution in [1.82, 2.24) is 0 Å². The zero-order valence-corrected chi connectivity index (χ0v) is 16.3. The van der Waals surface area contributed by atoms with E-state index in [1.807, 2.05) is 0 Å². The molecule has 136 valence electrons. The molecule has 0 radical (unpaired) electrons. The molecule has 4 saturated carbocycles. The first-order chi connectivity index (χ1) is 13.1. The smallest absolute Gasteiger partial charge is 0.00390 e. The van der Waals surface area contributed by atoms with Crippen LogP contribution in [0.4, 0.5) is 0 Å². The van der Waals surface area contributed by atoms with Crippen LogP contribution < -0.4 is 0 Å². The van der Waals surface area contributed by atoms with Gasteiger partial charge in [-0.1, -0.05) is 42.5 Å². The maximum Gasteiger partial charge on any atom is -0.00390 e. The number of aryl methyl sites for hydroxylation is 1. The van der Waals surface area contributed by atoms with Crippen molar-refractivity contribution in [2.45, 2.75) is 45.4 Å². The van der Waals surface area contributed by atoms with E-state index in [1.165, 1.54) is 76.8 Å². The predicted molar refractivity (Wildman–Crippen MR) is 116 cm³/mol. The fourth-order valence-electron chi connectivity index (χ4n) is 7.09. The molecule has 0 atom stereocenters. The van der Waals surface area contributed by atoms with Crippen LogP contribution in [0, 0.1) is 30.1 Å². The summed E-state index contributed by atoms with van der Waals surface area (Å²) in [5, 5.41) is 5.38. The number of hydrogen-bond donors (Lipinski definition) is 0. The lowest BCUT2D eigenvalue weighted by Gasteiger charge is -2.57. The van der Waals surface area contributed by atoms with Crippen LogP contribution in [0.15, 0.2) is 55.1 Å². The molecule has 0 unspecified atom stereocenters. The number of fused-ring (bicyclic) bond motifs is 2. The van der Waals surface area contributed by atoms with E-state index in [2.05, 4.69) is 55.5 Å². The highest BCUT2D eigenvalue weighted by molar-refractivity contribution is 5.99. The summed E-state index contributed by atoms with van der Waals surface area (Å²) in [6.45, 7) is 6.86. The summed E-state index contributed by atoms with van der Waals surface area (Å²) in [5.74, 6) is 2.92. The Morgan fingerprint density at radius 2 is 1.30 bits per heavy atom. The quantitative estimate of drug-likeness (QED) is 0.418. The first-order valence-electron chi connectivity index (χ1n) is 10.7. The molecule has 0 saturated heterocycles. The molecule has 4 aliphatic rings. The number of benzene rings is 3. The van der Waals surface area contributed by atoms with Crippen LogP contribution in [0.1, 0.15) is 49.7 Å². The van der Waals surface area contributed by atoms with E-state index >= 15 is 0 Å². The van der Waals surface area contributed by atoms with Gasteiger partial charge in [0, 0.05) is 0 Å². The molecule has 0 spiro atoms. The van der Waals surface area contributed by atoms with Crippen molar-refractivity contribution >= 4 is 27.1 Å². The Labute approximate surface area is 162 Å². The predicted octanol–water partition coefficient (Wildman–Crippen LogP) is 7.53. The first-order valence-corrected chi connectivity index (χ1v) is 10.7. The van der Waals surface area contributed by atoms with Crippen LogP contribution >= 0.6 is 0 Å². The van der Waals surface area contributed by atoms with Crippen molar-refractivity contribution in [3.8, 4) is 0 Å². The normalized spacial score (nSPS) is 31.7. The molecule has 0 heterocycles. The van der Waals surface area contributed by atoms with Gasteiger partial charge < -0.3 is 0 Å². The highest BCUT2D eigenvalue weighted by atomic mass is 14.6. The van der Waals surface area contributed by atoms with Crippen molar-refractivity contribution in [1.29, 1.82) is 0 Å². The summed E-state index contributed by atoms with van der Waals surface area (Å²) in [6.07, 6.45) is 8.67. The lowest BCUT2D eigenvalue weighted by molar-refractivity contribution is -0.0176. The van der Waals surface area contributed by atoms with Gasteiger partial charge in [0.2, 0.25) is 0 Å².